The molecular formula is C16H23ClN2O. The van der Waals surface area contributed by atoms with Crippen LogP contribution in [0.25, 0.3) is 0 Å². The van der Waals surface area contributed by atoms with Crippen LogP contribution >= 0.6 is 11.6 Å². The molecule has 1 aliphatic rings. The zero-order chi connectivity index (χ0) is 14.5. The van der Waals surface area contributed by atoms with E-state index in [1.54, 1.807) is 0 Å². The van der Waals surface area contributed by atoms with Crippen molar-refractivity contribution in [1.29, 1.82) is 0 Å². The number of halogens is 1. The van der Waals surface area contributed by atoms with Crippen LogP contribution in [0.3, 0.4) is 0 Å². The molecule has 1 fully saturated rings. The summed E-state index contributed by atoms with van der Waals surface area (Å²) in [4.78, 5) is 14.4. The maximum atomic E-state index is 12.3. The van der Waals surface area contributed by atoms with Gasteiger partial charge in [-0.1, -0.05) is 24.6 Å². The number of hydrogen-bond donors (Lipinski definition) is 1. The molecule has 0 radical (unpaired) electrons. The van der Waals surface area contributed by atoms with Crippen molar-refractivity contribution in [1.82, 2.24) is 4.90 Å². The summed E-state index contributed by atoms with van der Waals surface area (Å²) >= 11 is 6.17. The van der Waals surface area contributed by atoms with Gasteiger partial charge in [-0.3, -0.25) is 4.79 Å². The smallest absolute Gasteiger partial charge is 0.242 e. The molecule has 0 aliphatic carbocycles. The second-order valence-corrected chi connectivity index (χ2v) is 5.89. The standard InChI is InChI=1S/C16H23ClN2O/c1-3-13-6-4-5-9-19(13)16(20)11-18-15-8-7-12(2)10-14(15)17/h7-8,10,13,18H,3-6,9,11H2,1-2H3/t13-/m1/s1. The second kappa shape index (κ2) is 6.98. The molecule has 110 valence electrons. The summed E-state index contributed by atoms with van der Waals surface area (Å²) in [6.45, 7) is 5.36. The molecular weight excluding hydrogens is 272 g/mol. The molecule has 4 heteroatoms. The number of carbonyl (C=O) groups is 1. The fourth-order valence-electron chi connectivity index (χ4n) is 2.79. The van der Waals surface area contributed by atoms with Crippen LogP contribution in [-0.2, 0) is 4.79 Å². The Bertz CT molecular complexity index is 476. The van der Waals surface area contributed by atoms with Gasteiger partial charge in [0.25, 0.3) is 0 Å². The molecule has 1 aliphatic heterocycles. The fourth-order valence-corrected chi connectivity index (χ4v) is 3.09. The Morgan fingerprint density at radius 2 is 2.25 bits per heavy atom. The average Bonchev–Trinajstić information content (AvgIpc) is 2.46. The van der Waals surface area contributed by atoms with Crippen LogP contribution in [0.4, 0.5) is 5.69 Å². The molecule has 1 heterocycles. The molecule has 0 saturated carbocycles. The summed E-state index contributed by atoms with van der Waals surface area (Å²) in [5, 5.41) is 3.83. The maximum Gasteiger partial charge on any atom is 0.242 e. The first-order valence-electron chi connectivity index (χ1n) is 7.41. The number of carbonyl (C=O) groups excluding carboxylic acids is 1. The van der Waals surface area contributed by atoms with Crippen molar-refractivity contribution in [3.63, 3.8) is 0 Å². The predicted octanol–water partition coefficient (Wildman–Crippen LogP) is 3.85. The number of piperidine rings is 1. The van der Waals surface area contributed by atoms with Gasteiger partial charge in [-0.05, 0) is 50.3 Å². The molecule has 3 nitrogen and oxygen atoms in total. The lowest BCUT2D eigenvalue weighted by Crippen LogP contribution is -2.45. The fraction of sp³-hybridized carbons (Fsp3) is 0.562. The van der Waals surface area contributed by atoms with E-state index >= 15 is 0 Å². The van der Waals surface area contributed by atoms with Gasteiger partial charge in [-0.25, -0.2) is 0 Å². The number of anilines is 1. The van der Waals surface area contributed by atoms with E-state index in [2.05, 4.69) is 12.2 Å². The Morgan fingerprint density at radius 3 is 2.95 bits per heavy atom. The van der Waals surface area contributed by atoms with E-state index < -0.39 is 0 Å². The summed E-state index contributed by atoms with van der Waals surface area (Å²) in [5.74, 6) is 0.174. The number of likely N-dealkylation sites (tertiary alicyclic amines) is 1. The van der Waals surface area contributed by atoms with Gasteiger partial charge >= 0.3 is 0 Å². The van der Waals surface area contributed by atoms with Gasteiger partial charge in [0.2, 0.25) is 5.91 Å². The number of hydrogen-bond acceptors (Lipinski definition) is 2. The number of benzene rings is 1. The monoisotopic (exact) mass is 294 g/mol. The minimum absolute atomic E-state index is 0.174. The summed E-state index contributed by atoms with van der Waals surface area (Å²) in [6.07, 6.45) is 4.53. The SMILES string of the molecule is CC[C@@H]1CCCCN1C(=O)CNc1ccc(C)cc1Cl. The van der Waals surface area contributed by atoms with Crippen LogP contribution in [0.15, 0.2) is 18.2 Å². The van der Waals surface area contributed by atoms with E-state index in [1.807, 2.05) is 30.0 Å². The number of rotatable bonds is 4. The highest BCUT2D eigenvalue weighted by Gasteiger charge is 2.24. The largest absolute Gasteiger partial charge is 0.375 e. The van der Waals surface area contributed by atoms with E-state index in [9.17, 15) is 4.79 Å². The van der Waals surface area contributed by atoms with Crippen molar-refractivity contribution in [2.75, 3.05) is 18.4 Å². The van der Waals surface area contributed by atoms with Crippen molar-refractivity contribution < 1.29 is 4.79 Å². The molecule has 0 aromatic heterocycles. The molecule has 1 aromatic rings. The Labute approximate surface area is 126 Å². The van der Waals surface area contributed by atoms with E-state index in [0.717, 1.165) is 37.1 Å². The summed E-state index contributed by atoms with van der Waals surface area (Å²) in [5.41, 5.74) is 1.95. The van der Waals surface area contributed by atoms with Gasteiger partial charge in [-0.2, -0.15) is 0 Å². The number of amides is 1. The van der Waals surface area contributed by atoms with Crippen molar-refractivity contribution in [2.24, 2.45) is 0 Å². The van der Waals surface area contributed by atoms with Crippen LogP contribution in [0.5, 0.6) is 0 Å². The van der Waals surface area contributed by atoms with Crippen LogP contribution in [0.1, 0.15) is 38.2 Å². The normalized spacial score (nSPS) is 18.9. The molecule has 1 amide bonds. The number of aryl methyl sites for hydroxylation is 1. The third-order valence-corrected chi connectivity index (χ3v) is 4.29. The van der Waals surface area contributed by atoms with Gasteiger partial charge in [0.05, 0.1) is 17.3 Å². The molecule has 0 unspecified atom stereocenters. The first-order chi connectivity index (χ1) is 9.61. The van der Waals surface area contributed by atoms with Crippen molar-refractivity contribution in [3.8, 4) is 0 Å². The van der Waals surface area contributed by atoms with Gasteiger partial charge in [0, 0.05) is 12.6 Å². The molecule has 1 aromatic carbocycles. The molecule has 0 bridgehead atoms. The minimum Gasteiger partial charge on any atom is -0.375 e. The zero-order valence-corrected chi connectivity index (χ0v) is 13.0. The lowest BCUT2D eigenvalue weighted by molar-refractivity contribution is -0.133. The highest BCUT2D eigenvalue weighted by atomic mass is 35.5. The minimum atomic E-state index is 0.174. The Kier molecular flexibility index (Phi) is 5.30. The number of nitrogens with one attached hydrogen (secondary N) is 1. The van der Waals surface area contributed by atoms with E-state index in [1.165, 1.54) is 6.42 Å². The topological polar surface area (TPSA) is 32.3 Å². The van der Waals surface area contributed by atoms with Crippen LogP contribution in [0, 0.1) is 6.92 Å². The van der Waals surface area contributed by atoms with Crippen LogP contribution < -0.4 is 5.32 Å². The van der Waals surface area contributed by atoms with E-state index in [0.29, 0.717) is 17.6 Å². The highest BCUT2D eigenvalue weighted by molar-refractivity contribution is 6.33. The zero-order valence-electron chi connectivity index (χ0n) is 12.3. The van der Waals surface area contributed by atoms with Gasteiger partial charge in [0.1, 0.15) is 0 Å². The lowest BCUT2D eigenvalue weighted by atomic mass is 10.00. The first-order valence-corrected chi connectivity index (χ1v) is 7.79. The Balaban J connectivity index is 1.94. The highest BCUT2D eigenvalue weighted by Crippen LogP contribution is 2.23. The molecule has 20 heavy (non-hydrogen) atoms. The predicted molar refractivity (Wildman–Crippen MR) is 84.3 cm³/mol. The number of nitrogens with zero attached hydrogens (tertiary/aromatic N) is 1. The van der Waals surface area contributed by atoms with Crippen LogP contribution in [-0.4, -0.2) is 29.9 Å². The average molecular weight is 295 g/mol. The van der Waals surface area contributed by atoms with Crippen LogP contribution in [0.2, 0.25) is 5.02 Å². The maximum absolute atomic E-state index is 12.3. The second-order valence-electron chi connectivity index (χ2n) is 5.48. The lowest BCUT2D eigenvalue weighted by Gasteiger charge is -2.35. The summed E-state index contributed by atoms with van der Waals surface area (Å²) in [7, 11) is 0. The van der Waals surface area contributed by atoms with Crippen molar-refractivity contribution >= 4 is 23.2 Å². The first kappa shape index (κ1) is 15.2. The molecule has 1 N–H and O–H groups in total. The Hall–Kier alpha value is -1.22. The Morgan fingerprint density at radius 1 is 1.45 bits per heavy atom. The van der Waals surface area contributed by atoms with Crippen molar-refractivity contribution in [3.05, 3.63) is 28.8 Å². The van der Waals surface area contributed by atoms with Crippen molar-refractivity contribution in [2.45, 2.75) is 45.6 Å². The summed E-state index contributed by atoms with van der Waals surface area (Å²) in [6, 6.07) is 6.24. The molecule has 0 spiro atoms. The molecule has 1 saturated heterocycles. The quantitative estimate of drug-likeness (QED) is 0.915. The van der Waals surface area contributed by atoms with Gasteiger partial charge in [-0.15, -0.1) is 0 Å². The van der Waals surface area contributed by atoms with Gasteiger partial charge in [0.15, 0.2) is 0 Å². The summed E-state index contributed by atoms with van der Waals surface area (Å²) < 4.78 is 0. The third kappa shape index (κ3) is 3.66. The third-order valence-electron chi connectivity index (χ3n) is 3.97. The van der Waals surface area contributed by atoms with E-state index in [-0.39, 0.29) is 5.91 Å². The van der Waals surface area contributed by atoms with E-state index in [4.69, 9.17) is 11.6 Å². The molecule has 2 rings (SSSR count). The van der Waals surface area contributed by atoms with Gasteiger partial charge < -0.3 is 10.2 Å². The molecule has 1 atom stereocenters.